The molecule has 5 fully saturated rings. The van der Waals surface area contributed by atoms with E-state index in [9.17, 15) is 32.4 Å². The van der Waals surface area contributed by atoms with Crippen molar-refractivity contribution in [3.05, 3.63) is 41.2 Å². The molecular weight excluding hydrogens is 781 g/mol. The summed E-state index contributed by atoms with van der Waals surface area (Å²) < 4.78 is 46.9. The first kappa shape index (κ1) is 41.1. The summed E-state index contributed by atoms with van der Waals surface area (Å²) in [7, 11) is -2.50. The van der Waals surface area contributed by atoms with Crippen molar-refractivity contribution in [1.29, 1.82) is 0 Å². The summed E-state index contributed by atoms with van der Waals surface area (Å²) in [5.74, 6) is -2.09. The van der Waals surface area contributed by atoms with Crippen LogP contribution in [0.25, 0.3) is 10.9 Å². The zero-order chi connectivity index (χ0) is 41.7. The third-order valence-corrected chi connectivity index (χ3v) is 16.0. The van der Waals surface area contributed by atoms with Gasteiger partial charge in [-0.15, -0.1) is 6.58 Å². The Kier molecular flexibility index (Phi) is 11.2. The second kappa shape index (κ2) is 16.1. The molecule has 6 aliphatic rings. The largest absolute Gasteiger partial charge is 0.497 e. The molecule has 16 nitrogen and oxygen atoms in total. The minimum Gasteiger partial charge on any atom is -0.497 e. The van der Waals surface area contributed by atoms with Crippen LogP contribution in [-0.4, -0.2) is 94.9 Å². The standard InChI is InChI=1S/C42H56N6O10S/c1-4-27-23-42(27,38(52)46-59(54,55)41(2)18-19-41)45-35(49)32-22-29-24-48(32)37(51)34(26-12-7-8-13-26)44-40(53)58-33-15-10-14-25(33)11-6-5-9-20-47-36(50)30-17-16-28(56-3)21-31(30)43-39(47)57-29/h4,16-17,21,25-27,29,32-34H,1,5-15,18-20,22-24H2,2-3H3,(H,44,53)(H,45,49)(H,46,52)/t25-,27-,29-,32+,33-,34?,42-/m1/s1. The van der Waals surface area contributed by atoms with Crippen LogP contribution in [-0.2, 0) is 35.7 Å². The van der Waals surface area contributed by atoms with Crippen LogP contribution < -0.4 is 30.4 Å². The molecule has 4 amide bonds. The Morgan fingerprint density at radius 1 is 1.00 bits per heavy atom. The van der Waals surface area contributed by atoms with Gasteiger partial charge in [0.25, 0.3) is 17.5 Å². The van der Waals surface area contributed by atoms with Crippen LogP contribution >= 0.6 is 0 Å². The zero-order valence-corrected chi connectivity index (χ0v) is 34.7. The molecule has 0 radical (unpaired) electrons. The van der Waals surface area contributed by atoms with Crippen molar-refractivity contribution in [2.24, 2.45) is 17.8 Å². The van der Waals surface area contributed by atoms with Crippen molar-refractivity contribution in [2.45, 2.75) is 144 Å². The molecule has 3 heterocycles. The van der Waals surface area contributed by atoms with E-state index in [1.54, 1.807) is 25.1 Å². The van der Waals surface area contributed by atoms with Crippen molar-refractivity contribution in [2.75, 3.05) is 13.7 Å². The van der Waals surface area contributed by atoms with E-state index in [4.69, 9.17) is 19.2 Å². The van der Waals surface area contributed by atoms with E-state index in [1.165, 1.54) is 22.7 Å². The Balaban J connectivity index is 1.14. The van der Waals surface area contributed by atoms with E-state index in [0.717, 1.165) is 51.4 Å². The van der Waals surface area contributed by atoms with Gasteiger partial charge in [0.2, 0.25) is 21.8 Å². The molecule has 3 N–H and O–H groups in total. The molecule has 1 aromatic carbocycles. The Labute approximate surface area is 344 Å². The number of methoxy groups -OCH3 is 1. The van der Waals surface area contributed by atoms with Gasteiger partial charge in [0, 0.05) is 24.9 Å². The fourth-order valence-electron chi connectivity index (χ4n) is 9.73. The normalized spacial score (nSPS) is 31.1. The molecule has 1 saturated heterocycles. The number of carbonyl (C=O) groups is 4. The van der Waals surface area contributed by atoms with Crippen LogP contribution in [0.2, 0.25) is 0 Å². The minimum absolute atomic E-state index is 0.0397. The van der Waals surface area contributed by atoms with Crippen LogP contribution in [0.1, 0.15) is 103 Å². The minimum atomic E-state index is -4.02. The quantitative estimate of drug-likeness (QED) is 0.326. The van der Waals surface area contributed by atoms with Crippen LogP contribution in [0.3, 0.4) is 0 Å². The fourth-order valence-corrected chi connectivity index (χ4v) is 11.0. The summed E-state index contributed by atoms with van der Waals surface area (Å²) in [5.41, 5.74) is -1.52. The molecule has 1 unspecified atom stereocenters. The first-order valence-corrected chi connectivity index (χ1v) is 22.8. The third-order valence-electron chi connectivity index (χ3n) is 13.8. The molecule has 320 valence electrons. The lowest BCUT2D eigenvalue weighted by molar-refractivity contribution is -0.142. The van der Waals surface area contributed by atoms with Gasteiger partial charge in [-0.1, -0.05) is 31.8 Å². The summed E-state index contributed by atoms with van der Waals surface area (Å²) in [5, 5.41) is 6.15. The molecule has 59 heavy (non-hydrogen) atoms. The van der Waals surface area contributed by atoms with E-state index in [-0.39, 0.29) is 48.9 Å². The number of hydrogen-bond donors (Lipinski definition) is 3. The van der Waals surface area contributed by atoms with E-state index in [1.807, 2.05) is 0 Å². The number of nitrogens with one attached hydrogen (secondary N) is 3. The highest BCUT2D eigenvalue weighted by atomic mass is 32.2. The molecule has 2 aliphatic heterocycles. The molecule has 1 aromatic heterocycles. The Bertz CT molecular complexity index is 2180. The first-order valence-electron chi connectivity index (χ1n) is 21.3. The highest BCUT2D eigenvalue weighted by molar-refractivity contribution is 7.91. The Morgan fingerprint density at radius 2 is 1.73 bits per heavy atom. The number of rotatable bonds is 8. The molecular formula is C42H56N6O10S. The van der Waals surface area contributed by atoms with Crippen LogP contribution in [0.4, 0.5) is 4.79 Å². The van der Waals surface area contributed by atoms with Crippen molar-refractivity contribution in [3.63, 3.8) is 0 Å². The number of alkyl carbamates (subject to hydrolysis) is 1. The summed E-state index contributed by atoms with van der Waals surface area (Å²) in [6.45, 7) is 5.61. The van der Waals surface area contributed by atoms with Crippen molar-refractivity contribution < 1.29 is 41.8 Å². The summed E-state index contributed by atoms with van der Waals surface area (Å²) in [6.07, 6.45) is 9.62. The number of sulfonamides is 1. The highest BCUT2D eigenvalue weighted by Crippen LogP contribution is 2.47. The van der Waals surface area contributed by atoms with E-state index < -0.39 is 68.2 Å². The zero-order valence-electron chi connectivity index (χ0n) is 33.9. The average molecular weight is 837 g/mol. The number of ether oxygens (including phenoxy) is 3. The van der Waals surface area contributed by atoms with Gasteiger partial charge >= 0.3 is 6.09 Å². The lowest BCUT2D eigenvalue weighted by Gasteiger charge is -2.32. The van der Waals surface area contributed by atoms with Gasteiger partial charge in [-0.2, -0.15) is 4.98 Å². The molecule has 7 atom stereocenters. The maximum absolute atomic E-state index is 14.9. The molecule has 4 saturated carbocycles. The number of fused-ring (bicyclic) bond motifs is 5. The Hall–Kier alpha value is -4.67. The first-order chi connectivity index (χ1) is 28.3. The second-order valence-corrected chi connectivity index (χ2v) is 20.0. The van der Waals surface area contributed by atoms with Crippen molar-refractivity contribution in [1.82, 2.24) is 29.8 Å². The molecule has 2 bridgehead atoms. The third kappa shape index (κ3) is 8.02. The number of carbonyl (C=O) groups excluding carboxylic acids is 4. The van der Waals surface area contributed by atoms with E-state index in [2.05, 4.69) is 21.9 Å². The van der Waals surface area contributed by atoms with Gasteiger partial charge in [0.1, 0.15) is 35.6 Å². The van der Waals surface area contributed by atoms with E-state index >= 15 is 0 Å². The van der Waals surface area contributed by atoms with Crippen molar-refractivity contribution >= 4 is 44.7 Å². The number of amides is 4. The molecule has 4 aliphatic carbocycles. The second-order valence-electron chi connectivity index (χ2n) is 17.8. The topological polar surface area (TPSA) is 204 Å². The van der Waals surface area contributed by atoms with Gasteiger partial charge in [-0.3, -0.25) is 28.5 Å². The van der Waals surface area contributed by atoms with Crippen LogP contribution in [0.5, 0.6) is 11.8 Å². The van der Waals surface area contributed by atoms with E-state index in [0.29, 0.717) is 55.3 Å². The summed E-state index contributed by atoms with van der Waals surface area (Å²) in [4.78, 5) is 77.2. The maximum atomic E-state index is 14.9. The molecule has 17 heteroatoms. The van der Waals surface area contributed by atoms with Gasteiger partial charge < -0.3 is 29.7 Å². The lowest BCUT2D eigenvalue weighted by Crippen LogP contribution is -2.59. The average Bonchev–Trinajstić information content (AvgIpc) is 3.83. The molecule has 2 aromatic rings. The van der Waals surface area contributed by atoms with Crippen LogP contribution in [0, 0.1) is 17.8 Å². The van der Waals surface area contributed by atoms with Gasteiger partial charge in [0.05, 0.1) is 29.3 Å². The summed E-state index contributed by atoms with van der Waals surface area (Å²) in [6, 6.07) is 2.89. The number of benzene rings is 1. The van der Waals surface area contributed by atoms with Crippen LogP contribution in [0.15, 0.2) is 35.6 Å². The SMILES string of the molecule is C=C[C@@H]1C[C@]1(NC(=O)[C@@H]1C[C@@H]2CN1C(=O)C(C1CCCC1)NC(=O)O[C@@H]1CCC[C@H]1CCCCCn1c(nc3cc(OC)ccc3c1=O)O2)C(=O)NS(=O)(=O)C1(C)CC1. The summed E-state index contributed by atoms with van der Waals surface area (Å²) >= 11 is 0. The number of aromatic nitrogens is 2. The van der Waals surface area contributed by atoms with Gasteiger partial charge in [-0.25, -0.2) is 13.2 Å². The number of nitrogens with zero attached hydrogens (tertiary/aromatic N) is 3. The smallest absolute Gasteiger partial charge is 0.408 e. The van der Waals surface area contributed by atoms with Gasteiger partial charge in [-0.05, 0) is 95.1 Å². The van der Waals surface area contributed by atoms with Gasteiger partial charge in [0.15, 0.2) is 0 Å². The number of hydrogen-bond acceptors (Lipinski definition) is 11. The van der Waals surface area contributed by atoms with Crippen molar-refractivity contribution in [3.8, 4) is 11.8 Å². The fraction of sp³-hybridized carbons (Fsp3) is 0.667. The molecule has 0 spiro atoms. The monoisotopic (exact) mass is 836 g/mol. The highest BCUT2D eigenvalue weighted by Gasteiger charge is 2.63. The maximum Gasteiger partial charge on any atom is 0.408 e. The Morgan fingerprint density at radius 3 is 2.44 bits per heavy atom. The lowest BCUT2D eigenvalue weighted by atomic mass is 9.96. The predicted molar refractivity (Wildman–Crippen MR) is 216 cm³/mol. The predicted octanol–water partition coefficient (Wildman–Crippen LogP) is 3.84. The molecule has 8 rings (SSSR count).